The Morgan fingerprint density at radius 1 is 1.21 bits per heavy atom. The Balaban J connectivity index is 1.58. The van der Waals surface area contributed by atoms with Crippen LogP contribution in [0.2, 0.25) is 5.02 Å². The van der Waals surface area contributed by atoms with E-state index in [1.165, 1.54) is 12.5 Å². The van der Waals surface area contributed by atoms with E-state index in [0.29, 0.717) is 25.5 Å². The largest absolute Gasteiger partial charge is 0.376 e. The van der Waals surface area contributed by atoms with Crippen molar-refractivity contribution >= 4 is 27.5 Å². The van der Waals surface area contributed by atoms with Gasteiger partial charge in [-0.05, 0) is 56.1 Å². The van der Waals surface area contributed by atoms with E-state index in [0.717, 1.165) is 43.4 Å². The van der Waals surface area contributed by atoms with E-state index in [-0.39, 0.29) is 24.1 Å². The lowest BCUT2D eigenvalue weighted by atomic mass is 9.82. The minimum absolute atomic E-state index is 0.0407. The molecule has 1 amide bonds. The molecule has 1 aliphatic heterocycles. The van der Waals surface area contributed by atoms with Gasteiger partial charge < -0.3 is 9.64 Å². The van der Waals surface area contributed by atoms with Crippen LogP contribution in [0.15, 0.2) is 24.3 Å². The summed E-state index contributed by atoms with van der Waals surface area (Å²) in [7, 11) is -3.35. The van der Waals surface area contributed by atoms with Crippen molar-refractivity contribution in [1.82, 2.24) is 9.62 Å². The molecule has 8 heteroatoms. The van der Waals surface area contributed by atoms with E-state index in [1.54, 1.807) is 4.90 Å². The molecular weight excluding hydrogens is 412 g/mol. The van der Waals surface area contributed by atoms with Gasteiger partial charge >= 0.3 is 0 Å². The second-order valence-corrected chi connectivity index (χ2v) is 10.4. The highest BCUT2D eigenvalue weighted by molar-refractivity contribution is 7.88. The number of hydrogen-bond acceptors (Lipinski definition) is 4. The lowest BCUT2D eigenvalue weighted by Crippen LogP contribution is -2.58. The first kappa shape index (κ1) is 22.5. The van der Waals surface area contributed by atoms with Crippen LogP contribution in [-0.2, 0) is 19.6 Å². The molecule has 0 radical (unpaired) electrons. The van der Waals surface area contributed by atoms with Crippen LogP contribution in [0.3, 0.4) is 0 Å². The molecule has 2 aliphatic rings. The third kappa shape index (κ3) is 6.17. The zero-order valence-electron chi connectivity index (χ0n) is 17.1. The molecule has 1 saturated carbocycles. The summed E-state index contributed by atoms with van der Waals surface area (Å²) < 4.78 is 32.4. The summed E-state index contributed by atoms with van der Waals surface area (Å²) in [6.07, 6.45) is 6.69. The molecule has 0 spiro atoms. The molecule has 29 heavy (non-hydrogen) atoms. The number of carbonyl (C=O) groups excluding carboxylic acids is 1. The van der Waals surface area contributed by atoms with Gasteiger partial charge in [-0.25, -0.2) is 13.1 Å². The Bertz CT molecular complexity index is 809. The van der Waals surface area contributed by atoms with Gasteiger partial charge in [-0.1, -0.05) is 29.8 Å². The SMILES string of the molecule is CC(=O)N1CCC[C@H](NS(C)(=O)=O)[C@@H]1CO[C@H]1CC[C@@H](c2ccccc2Cl)CC1. The molecule has 3 rings (SSSR count). The van der Waals surface area contributed by atoms with Crippen molar-refractivity contribution in [3.05, 3.63) is 34.9 Å². The Morgan fingerprint density at radius 3 is 2.52 bits per heavy atom. The summed E-state index contributed by atoms with van der Waals surface area (Å²) in [4.78, 5) is 13.8. The molecule has 1 aliphatic carbocycles. The monoisotopic (exact) mass is 442 g/mol. The van der Waals surface area contributed by atoms with Crippen LogP contribution in [0.4, 0.5) is 0 Å². The number of ether oxygens (including phenoxy) is 1. The zero-order valence-corrected chi connectivity index (χ0v) is 18.7. The smallest absolute Gasteiger partial charge is 0.219 e. The second kappa shape index (κ2) is 9.77. The molecular formula is C21H31ClN2O4S. The summed E-state index contributed by atoms with van der Waals surface area (Å²) in [6.45, 7) is 2.53. The number of amides is 1. The van der Waals surface area contributed by atoms with Crippen LogP contribution in [0.25, 0.3) is 0 Å². The molecule has 1 aromatic rings. The maximum Gasteiger partial charge on any atom is 0.219 e. The maximum atomic E-state index is 12.1. The van der Waals surface area contributed by atoms with Crippen molar-refractivity contribution < 1.29 is 17.9 Å². The Kier molecular flexibility index (Phi) is 7.59. The van der Waals surface area contributed by atoms with Gasteiger partial charge in [0, 0.05) is 24.5 Å². The van der Waals surface area contributed by atoms with E-state index in [2.05, 4.69) is 10.8 Å². The molecule has 1 N–H and O–H groups in total. The van der Waals surface area contributed by atoms with Crippen LogP contribution in [-0.4, -0.2) is 56.8 Å². The zero-order chi connectivity index (χ0) is 21.0. The number of carbonyl (C=O) groups is 1. The molecule has 162 valence electrons. The van der Waals surface area contributed by atoms with E-state index in [9.17, 15) is 13.2 Å². The number of hydrogen-bond donors (Lipinski definition) is 1. The number of likely N-dealkylation sites (tertiary alicyclic amines) is 1. The highest BCUT2D eigenvalue weighted by atomic mass is 35.5. The lowest BCUT2D eigenvalue weighted by molar-refractivity contribution is -0.136. The molecule has 0 aromatic heterocycles. The summed E-state index contributed by atoms with van der Waals surface area (Å²) in [5, 5.41) is 0.825. The van der Waals surface area contributed by atoms with Gasteiger partial charge in [0.15, 0.2) is 0 Å². The van der Waals surface area contributed by atoms with Crippen LogP contribution >= 0.6 is 11.6 Å². The van der Waals surface area contributed by atoms with Gasteiger partial charge in [-0.2, -0.15) is 0 Å². The van der Waals surface area contributed by atoms with Gasteiger partial charge in [0.2, 0.25) is 15.9 Å². The van der Waals surface area contributed by atoms with Crippen molar-refractivity contribution in [2.75, 3.05) is 19.4 Å². The van der Waals surface area contributed by atoms with Crippen LogP contribution in [0.5, 0.6) is 0 Å². The topological polar surface area (TPSA) is 75.7 Å². The third-order valence-electron chi connectivity index (χ3n) is 6.07. The predicted molar refractivity (Wildman–Crippen MR) is 115 cm³/mol. The van der Waals surface area contributed by atoms with E-state index in [1.807, 2.05) is 18.2 Å². The predicted octanol–water partition coefficient (Wildman–Crippen LogP) is 3.31. The van der Waals surface area contributed by atoms with Crippen molar-refractivity contribution in [1.29, 1.82) is 0 Å². The van der Waals surface area contributed by atoms with E-state index in [4.69, 9.17) is 16.3 Å². The Labute approximate surface area is 179 Å². The van der Waals surface area contributed by atoms with Crippen LogP contribution in [0.1, 0.15) is 56.9 Å². The molecule has 2 fully saturated rings. The van der Waals surface area contributed by atoms with Crippen LogP contribution in [0, 0.1) is 0 Å². The van der Waals surface area contributed by atoms with Crippen molar-refractivity contribution in [2.24, 2.45) is 0 Å². The standard InChI is InChI=1S/C21H31ClN2O4S/c1-15(25)24-13-5-8-20(23-29(2,26)27)21(24)14-28-17-11-9-16(10-12-17)18-6-3-4-7-19(18)22/h3-4,6-7,16-17,20-21,23H,5,8-14H2,1-2H3/t16-,17+,20-,21-/m0/s1. The van der Waals surface area contributed by atoms with Gasteiger partial charge in [0.1, 0.15) is 0 Å². The minimum atomic E-state index is -3.35. The second-order valence-electron chi connectivity index (χ2n) is 8.25. The highest BCUT2D eigenvalue weighted by Crippen LogP contribution is 2.37. The highest BCUT2D eigenvalue weighted by Gasteiger charge is 2.35. The number of sulfonamides is 1. The summed E-state index contributed by atoms with van der Waals surface area (Å²) >= 11 is 6.35. The summed E-state index contributed by atoms with van der Waals surface area (Å²) in [5.74, 6) is 0.410. The van der Waals surface area contributed by atoms with Crippen LogP contribution < -0.4 is 4.72 Å². The first-order valence-electron chi connectivity index (χ1n) is 10.3. The molecule has 1 aromatic carbocycles. The van der Waals surface area contributed by atoms with Crippen molar-refractivity contribution in [2.45, 2.75) is 69.6 Å². The van der Waals surface area contributed by atoms with E-state index >= 15 is 0 Å². The van der Waals surface area contributed by atoms with Gasteiger partial charge in [0.05, 0.1) is 25.0 Å². The fraction of sp³-hybridized carbons (Fsp3) is 0.667. The number of nitrogens with zero attached hydrogens (tertiary/aromatic N) is 1. The Hall–Kier alpha value is -1.15. The van der Waals surface area contributed by atoms with Gasteiger partial charge in [-0.15, -0.1) is 0 Å². The number of halogens is 1. The van der Waals surface area contributed by atoms with Crippen molar-refractivity contribution in [3.8, 4) is 0 Å². The quantitative estimate of drug-likeness (QED) is 0.733. The maximum absolute atomic E-state index is 12.1. The molecule has 6 nitrogen and oxygen atoms in total. The Morgan fingerprint density at radius 2 is 1.90 bits per heavy atom. The summed E-state index contributed by atoms with van der Waals surface area (Å²) in [6, 6.07) is 7.44. The van der Waals surface area contributed by atoms with Gasteiger partial charge in [-0.3, -0.25) is 4.79 Å². The molecule has 1 heterocycles. The first-order valence-corrected chi connectivity index (χ1v) is 12.6. The number of rotatable bonds is 6. The average molecular weight is 443 g/mol. The minimum Gasteiger partial charge on any atom is -0.376 e. The van der Waals surface area contributed by atoms with Crippen molar-refractivity contribution in [3.63, 3.8) is 0 Å². The normalized spacial score (nSPS) is 28.3. The van der Waals surface area contributed by atoms with E-state index < -0.39 is 10.0 Å². The molecule has 0 bridgehead atoms. The number of piperidine rings is 1. The fourth-order valence-corrected chi connectivity index (χ4v) is 5.76. The number of nitrogens with one attached hydrogen (secondary N) is 1. The summed E-state index contributed by atoms with van der Waals surface area (Å²) in [5.41, 5.74) is 1.21. The third-order valence-corrected chi connectivity index (χ3v) is 7.15. The lowest BCUT2D eigenvalue weighted by Gasteiger charge is -2.41. The number of benzene rings is 1. The van der Waals surface area contributed by atoms with Gasteiger partial charge in [0.25, 0.3) is 0 Å². The first-order chi connectivity index (χ1) is 13.7. The average Bonchev–Trinajstić information content (AvgIpc) is 2.66. The molecule has 1 saturated heterocycles. The molecule has 2 atom stereocenters. The fourth-order valence-electron chi connectivity index (χ4n) is 4.65. The molecule has 0 unspecified atom stereocenters.